The van der Waals surface area contributed by atoms with Crippen molar-refractivity contribution in [2.75, 3.05) is 11.4 Å². The number of benzene rings is 2. The van der Waals surface area contributed by atoms with Gasteiger partial charge in [0.1, 0.15) is 11.6 Å². The summed E-state index contributed by atoms with van der Waals surface area (Å²) in [4.78, 5) is 37.7. The molecule has 2 N–H and O–H groups in total. The molecule has 1 aliphatic heterocycles. The van der Waals surface area contributed by atoms with E-state index >= 15 is 0 Å². The predicted molar refractivity (Wildman–Crippen MR) is 93.6 cm³/mol. The summed E-state index contributed by atoms with van der Waals surface area (Å²) in [5.41, 5.74) is 5.52. The van der Waals surface area contributed by atoms with Crippen LogP contribution in [-0.4, -0.2) is 24.3 Å². The lowest BCUT2D eigenvalue weighted by Gasteiger charge is -2.17. The molecule has 0 aromatic heterocycles. The molecule has 2 aromatic carbocycles. The highest BCUT2D eigenvalue weighted by atomic mass is 19.1. The minimum absolute atomic E-state index is 0.0479. The topological polar surface area (TPSA) is 78.5 Å². The van der Waals surface area contributed by atoms with Crippen molar-refractivity contribution in [1.29, 1.82) is 0 Å². The summed E-state index contributed by atoms with van der Waals surface area (Å²) in [5.74, 6) is -3.04. The summed E-state index contributed by atoms with van der Waals surface area (Å²) in [6, 6.07) is 9.26. The van der Waals surface area contributed by atoms with Crippen molar-refractivity contribution in [3.63, 3.8) is 0 Å². The highest BCUT2D eigenvalue weighted by molar-refractivity contribution is 6.01. The number of hydrogen-bond donors (Lipinski definition) is 2. The molecule has 0 bridgehead atoms. The standard InChI is InChI=1S/C19H17F2N3O3/c1-11-2-7-15(9-16(11)21)24-10-13(8-17(24)25)19(27)23-22-18(26)12-3-5-14(20)6-4-12/h2-7,9,13H,8,10H2,1H3,(H,22,26)(H,23,27). The Morgan fingerprint density at radius 3 is 2.44 bits per heavy atom. The van der Waals surface area contributed by atoms with E-state index in [-0.39, 0.29) is 24.4 Å². The van der Waals surface area contributed by atoms with Gasteiger partial charge in [0.15, 0.2) is 0 Å². The van der Waals surface area contributed by atoms with E-state index in [0.717, 1.165) is 12.1 Å². The van der Waals surface area contributed by atoms with Crippen LogP contribution in [0.25, 0.3) is 0 Å². The number of amides is 3. The molecule has 0 spiro atoms. The second-order valence-electron chi connectivity index (χ2n) is 6.29. The monoisotopic (exact) mass is 373 g/mol. The summed E-state index contributed by atoms with van der Waals surface area (Å²) in [6.07, 6.45) is -0.0479. The first-order valence-electron chi connectivity index (χ1n) is 8.27. The summed E-state index contributed by atoms with van der Waals surface area (Å²) in [5, 5.41) is 0. The van der Waals surface area contributed by atoms with Crippen LogP contribution in [-0.2, 0) is 9.59 Å². The van der Waals surface area contributed by atoms with E-state index in [1.165, 1.54) is 23.1 Å². The SMILES string of the molecule is Cc1ccc(N2CC(C(=O)NNC(=O)c3ccc(F)cc3)CC2=O)cc1F. The van der Waals surface area contributed by atoms with E-state index in [9.17, 15) is 23.2 Å². The van der Waals surface area contributed by atoms with Crippen molar-refractivity contribution in [3.8, 4) is 0 Å². The molecule has 1 saturated heterocycles. The van der Waals surface area contributed by atoms with Crippen LogP contribution in [0.2, 0.25) is 0 Å². The summed E-state index contributed by atoms with van der Waals surface area (Å²) in [6.45, 7) is 1.70. The molecule has 140 valence electrons. The van der Waals surface area contributed by atoms with Gasteiger partial charge in [-0.2, -0.15) is 0 Å². The third-order valence-corrected chi connectivity index (χ3v) is 4.37. The van der Waals surface area contributed by atoms with Crippen molar-refractivity contribution >= 4 is 23.4 Å². The van der Waals surface area contributed by atoms with Gasteiger partial charge in [0.25, 0.3) is 5.91 Å². The van der Waals surface area contributed by atoms with Crippen LogP contribution < -0.4 is 15.8 Å². The molecule has 8 heteroatoms. The second kappa shape index (κ2) is 7.53. The lowest BCUT2D eigenvalue weighted by atomic mass is 10.1. The number of carbonyl (C=O) groups is 3. The maximum Gasteiger partial charge on any atom is 0.269 e. The molecule has 3 rings (SSSR count). The zero-order valence-electron chi connectivity index (χ0n) is 14.5. The van der Waals surface area contributed by atoms with Gasteiger partial charge in [-0.25, -0.2) is 8.78 Å². The van der Waals surface area contributed by atoms with Gasteiger partial charge < -0.3 is 4.90 Å². The van der Waals surface area contributed by atoms with E-state index in [1.54, 1.807) is 19.1 Å². The zero-order valence-corrected chi connectivity index (χ0v) is 14.5. The Balaban J connectivity index is 1.59. The Hall–Kier alpha value is -3.29. The van der Waals surface area contributed by atoms with E-state index < -0.39 is 29.4 Å². The molecule has 1 fully saturated rings. The first-order chi connectivity index (χ1) is 12.8. The Bertz CT molecular complexity index is 900. The molecule has 1 unspecified atom stereocenters. The molecule has 0 radical (unpaired) electrons. The van der Waals surface area contributed by atoms with Crippen LogP contribution >= 0.6 is 0 Å². The van der Waals surface area contributed by atoms with Crippen LogP contribution in [0.4, 0.5) is 14.5 Å². The molecule has 6 nitrogen and oxygen atoms in total. The first-order valence-corrected chi connectivity index (χ1v) is 8.27. The molecule has 0 aliphatic carbocycles. The van der Waals surface area contributed by atoms with Crippen molar-refractivity contribution < 1.29 is 23.2 Å². The Labute approximate surface area is 154 Å². The van der Waals surface area contributed by atoms with E-state index in [1.807, 2.05) is 0 Å². The molecule has 27 heavy (non-hydrogen) atoms. The van der Waals surface area contributed by atoms with Crippen LogP contribution in [0.1, 0.15) is 22.3 Å². The van der Waals surface area contributed by atoms with Gasteiger partial charge >= 0.3 is 0 Å². The van der Waals surface area contributed by atoms with Crippen LogP contribution in [0.5, 0.6) is 0 Å². The Morgan fingerprint density at radius 1 is 1.07 bits per heavy atom. The molecule has 1 aliphatic rings. The van der Waals surface area contributed by atoms with Gasteiger partial charge in [0, 0.05) is 24.2 Å². The quantitative estimate of drug-likeness (QED) is 0.809. The number of hydrazine groups is 1. The average Bonchev–Trinajstić information content (AvgIpc) is 3.04. The van der Waals surface area contributed by atoms with Gasteiger partial charge in [-0.1, -0.05) is 6.07 Å². The van der Waals surface area contributed by atoms with E-state index in [4.69, 9.17) is 0 Å². The second-order valence-corrected chi connectivity index (χ2v) is 6.29. The number of anilines is 1. The molecule has 3 amide bonds. The number of nitrogens with zero attached hydrogens (tertiary/aromatic N) is 1. The average molecular weight is 373 g/mol. The molecular formula is C19H17F2N3O3. The zero-order chi connectivity index (χ0) is 19.6. The number of aryl methyl sites for hydroxylation is 1. The van der Waals surface area contributed by atoms with Gasteiger partial charge in [0.2, 0.25) is 11.8 Å². The van der Waals surface area contributed by atoms with E-state index in [0.29, 0.717) is 11.3 Å². The number of carbonyl (C=O) groups excluding carboxylic acids is 3. The maximum absolute atomic E-state index is 13.7. The minimum atomic E-state index is -0.685. The Morgan fingerprint density at radius 2 is 1.78 bits per heavy atom. The highest BCUT2D eigenvalue weighted by Crippen LogP contribution is 2.26. The minimum Gasteiger partial charge on any atom is -0.311 e. The molecule has 2 aromatic rings. The van der Waals surface area contributed by atoms with Gasteiger partial charge in [0.05, 0.1) is 5.92 Å². The lowest BCUT2D eigenvalue weighted by Crippen LogP contribution is -2.45. The Kier molecular flexibility index (Phi) is 5.16. The highest BCUT2D eigenvalue weighted by Gasteiger charge is 2.35. The number of halogens is 2. The number of hydrogen-bond acceptors (Lipinski definition) is 3. The normalized spacial score (nSPS) is 16.3. The van der Waals surface area contributed by atoms with Crippen LogP contribution in [0.3, 0.4) is 0 Å². The van der Waals surface area contributed by atoms with Crippen molar-refractivity contribution in [2.45, 2.75) is 13.3 Å². The van der Waals surface area contributed by atoms with Crippen molar-refractivity contribution in [1.82, 2.24) is 10.9 Å². The van der Waals surface area contributed by atoms with Crippen LogP contribution in [0, 0.1) is 24.5 Å². The summed E-state index contributed by atoms with van der Waals surface area (Å²) >= 11 is 0. The molecule has 0 saturated carbocycles. The predicted octanol–water partition coefficient (Wildman–Crippen LogP) is 2.09. The first kappa shape index (κ1) is 18.5. The number of rotatable bonds is 3. The van der Waals surface area contributed by atoms with Crippen molar-refractivity contribution in [2.24, 2.45) is 5.92 Å². The van der Waals surface area contributed by atoms with Gasteiger partial charge in [-0.05, 0) is 48.9 Å². The summed E-state index contributed by atoms with van der Waals surface area (Å²) in [7, 11) is 0. The third-order valence-electron chi connectivity index (χ3n) is 4.37. The maximum atomic E-state index is 13.7. The molecular weight excluding hydrogens is 356 g/mol. The fourth-order valence-corrected chi connectivity index (χ4v) is 2.78. The van der Waals surface area contributed by atoms with Gasteiger partial charge in [-0.3, -0.25) is 25.2 Å². The smallest absolute Gasteiger partial charge is 0.269 e. The van der Waals surface area contributed by atoms with Crippen molar-refractivity contribution in [3.05, 3.63) is 65.2 Å². The number of nitrogens with one attached hydrogen (secondary N) is 2. The molecule has 1 atom stereocenters. The lowest BCUT2D eigenvalue weighted by molar-refractivity contribution is -0.126. The van der Waals surface area contributed by atoms with Crippen LogP contribution in [0.15, 0.2) is 42.5 Å². The molecule has 1 heterocycles. The third kappa shape index (κ3) is 4.11. The fraction of sp³-hybridized carbons (Fsp3) is 0.211. The largest absolute Gasteiger partial charge is 0.311 e. The summed E-state index contributed by atoms with van der Waals surface area (Å²) < 4.78 is 26.6. The van der Waals surface area contributed by atoms with Gasteiger partial charge in [-0.15, -0.1) is 0 Å². The van der Waals surface area contributed by atoms with E-state index in [2.05, 4.69) is 10.9 Å². The fourth-order valence-electron chi connectivity index (χ4n) is 2.78.